The monoisotopic (exact) mass is 330 g/mol. The minimum atomic E-state index is -1.13. The van der Waals surface area contributed by atoms with Gasteiger partial charge in [-0.05, 0) is 31.5 Å². The van der Waals surface area contributed by atoms with E-state index >= 15 is 0 Å². The second-order valence-electron chi connectivity index (χ2n) is 5.23. The molecular weight excluding hydrogens is 312 g/mol. The summed E-state index contributed by atoms with van der Waals surface area (Å²) in [5.74, 6) is -3.74. The minimum Gasteiger partial charge on any atom is -0.465 e. The zero-order valence-corrected chi connectivity index (χ0v) is 13.4. The molecule has 1 aliphatic rings. The summed E-state index contributed by atoms with van der Waals surface area (Å²) >= 11 is 0. The molecule has 1 fully saturated rings. The number of carbonyl (C=O) groups is 3. The number of carbonyl (C=O) groups excluding carboxylic acids is 3. The van der Waals surface area contributed by atoms with Crippen molar-refractivity contribution in [2.45, 2.75) is 25.8 Å². The molecule has 0 unspecified atom stereocenters. The van der Waals surface area contributed by atoms with Gasteiger partial charge in [-0.2, -0.15) is 5.26 Å². The third-order valence-electron chi connectivity index (χ3n) is 3.80. The molecule has 1 aliphatic heterocycles. The molecule has 0 saturated carbocycles. The topological polar surface area (TPSA) is 105 Å². The van der Waals surface area contributed by atoms with Crippen LogP contribution in [-0.4, -0.2) is 37.1 Å². The zero-order valence-electron chi connectivity index (χ0n) is 13.4. The van der Waals surface area contributed by atoms with Crippen molar-refractivity contribution in [3.05, 3.63) is 35.4 Å². The Morgan fingerprint density at radius 2 is 1.71 bits per heavy atom. The number of nitrogens with zero attached hydrogens (tertiary/aromatic N) is 1. The largest absolute Gasteiger partial charge is 0.465 e. The Labute approximate surface area is 139 Å². The van der Waals surface area contributed by atoms with Crippen LogP contribution in [0.15, 0.2) is 24.3 Å². The van der Waals surface area contributed by atoms with Crippen LogP contribution in [0, 0.1) is 17.2 Å². The van der Waals surface area contributed by atoms with Crippen LogP contribution in [0.5, 0.6) is 0 Å². The van der Waals surface area contributed by atoms with Gasteiger partial charge in [0.15, 0.2) is 0 Å². The third-order valence-corrected chi connectivity index (χ3v) is 3.80. The number of hydrogen-bond acceptors (Lipinski definition) is 6. The molecule has 2 rings (SSSR count). The van der Waals surface area contributed by atoms with Crippen molar-refractivity contribution < 1.29 is 23.9 Å². The number of nitrogens with one attached hydrogen (secondary N) is 1. The number of amides is 1. The number of hydrogen-bond donors (Lipinski definition) is 1. The molecule has 7 heteroatoms. The first-order chi connectivity index (χ1) is 11.5. The second kappa shape index (κ2) is 7.59. The first kappa shape index (κ1) is 17.5. The van der Waals surface area contributed by atoms with Crippen LogP contribution in [0.3, 0.4) is 0 Å². The molecule has 1 aromatic rings. The Morgan fingerprint density at radius 1 is 1.12 bits per heavy atom. The Hall–Kier alpha value is -2.88. The molecule has 24 heavy (non-hydrogen) atoms. The van der Waals surface area contributed by atoms with Crippen molar-refractivity contribution in [1.82, 2.24) is 5.32 Å². The molecule has 3 atom stereocenters. The number of esters is 2. The highest BCUT2D eigenvalue weighted by atomic mass is 16.5. The average Bonchev–Trinajstić information content (AvgIpc) is 2.93. The molecule has 0 aromatic heterocycles. The maximum atomic E-state index is 12.2. The van der Waals surface area contributed by atoms with Gasteiger partial charge in [-0.1, -0.05) is 12.1 Å². The number of benzene rings is 1. The van der Waals surface area contributed by atoms with E-state index in [9.17, 15) is 14.4 Å². The van der Waals surface area contributed by atoms with E-state index in [0.717, 1.165) is 0 Å². The van der Waals surface area contributed by atoms with Crippen molar-refractivity contribution in [3.63, 3.8) is 0 Å². The minimum absolute atomic E-state index is 0.132. The Bertz CT molecular complexity index is 677. The summed E-state index contributed by atoms with van der Waals surface area (Å²) in [5, 5.41) is 11.4. The van der Waals surface area contributed by atoms with Gasteiger partial charge in [0.25, 0.3) is 0 Å². The van der Waals surface area contributed by atoms with E-state index in [-0.39, 0.29) is 13.2 Å². The van der Waals surface area contributed by atoms with E-state index in [4.69, 9.17) is 14.7 Å². The van der Waals surface area contributed by atoms with Crippen molar-refractivity contribution in [2.24, 2.45) is 5.92 Å². The number of nitriles is 1. The first-order valence-corrected chi connectivity index (χ1v) is 7.67. The average molecular weight is 330 g/mol. The van der Waals surface area contributed by atoms with E-state index < -0.39 is 35.7 Å². The molecule has 1 amide bonds. The van der Waals surface area contributed by atoms with Crippen LogP contribution in [0.2, 0.25) is 0 Å². The predicted molar refractivity (Wildman–Crippen MR) is 82.6 cm³/mol. The van der Waals surface area contributed by atoms with Gasteiger partial charge in [-0.3, -0.25) is 9.59 Å². The summed E-state index contributed by atoms with van der Waals surface area (Å²) in [6, 6.07) is 7.42. The van der Waals surface area contributed by atoms with Gasteiger partial charge in [0.2, 0.25) is 5.91 Å². The number of rotatable bonds is 5. The lowest BCUT2D eigenvalue weighted by Gasteiger charge is -2.21. The van der Waals surface area contributed by atoms with Gasteiger partial charge in [0.1, 0.15) is 12.0 Å². The highest BCUT2D eigenvalue weighted by molar-refractivity contribution is 6.04. The Balaban J connectivity index is 2.42. The van der Waals surface area contributed by atoms with Gasteiger partial charge in [0.05, 0.1) is 24.8 Å². The molecule has 0 aliphatic carbocycles. The summed E-state index contributed by atoms with van der Waals surface area (Å²) in [7, 11) is 0. The third kappa shape index (κ3) is 3.38. The van der Waals surface area contributed by atoms with Crippen molar-refractivity contribution in [1.29, 1.82) is 5.26 Å². The SMILES string of the molecule is CCOC(=O)[C@@H]1C(=O)N[C@@H](C(=O)OCC)[C@@H]1c1ccc(C#N)cc1. The van der Waals surface area contributed by atoms with Gasteiger partial charge in [0, 0.05) is 5.92 Å². The van der Waals surface area contributed by atoms with E-state index in [1.807, 2.05) is 6.07 Å². The Morgan fingerprint density at radius 3 is 2.25 bits per heavy atom. The van der Waals surface area contributed by atoms with Gasteiger partial charge < -0.3 is 14.8 Å². The molecule has 1 saturated heterocycles. The lowest BCUT2D eigenvalue weighted by molar-refractivity contribution is -0.151. The fraction of sp³-hybridized carbons (Fsp3) is 0.412. The molecule has 0 spiro atoms. The van der Waals surface area contributed by atoms with E-state index in [1.54, 1.807) is 38.1 Å². The van der Waals surface area contributed by atoms with Crippen LogP contribution < -0.4 is 5.32 Å². The second-order valence-corrected chi connectivity index (χ2v) is 5.23. The fourth-order valence-electron chi connectivity index (χ4n) is 2.78. The summed E-state index contributed by atoms with van der Waals surface area (Å²) in [4.78, 5) is 36.6. The molecule has 0 radical (unpaired) electrons. The van der Waals surface area contributed by atoms with Crippen LogP contribution in [0.4, 0.5) is 0 Å². The summed E-state index contributed by atoms with van der Waals surface area (Å²) < 4.78 is 9.98. The van der Waals surface area contributed by atoms with Crippen LogP contribution in [0.25, 0.3) is 0 Å². The molecule has 1 N–H and O–H groups in total. The number of ether oxygens (including phenoxy) is 2. The smallest absolute Gasteiger partial charge is 0.329 e. The first-order valence-electron chi connectivity index (χ1n) is 7.67. The van der Waals surface area contributed by atoms with Crippen molar-refractivity contribution in [3.8, 4) is 6.07 Å². The summed E-state index contributed by atoms with van der Waals surface area (Å²) in [6.07, 6.45) is 0. The molecule has 1 aromatic carbocycles. The van der Waals surface area contributed by atoms with E-state index in [0.29, 0.717) is 11.1 Å². The maximum absolute atomic E-state index is 12.2. The normalized spacial score (nSPS) is 22.4. The lowest BCUT2D eigenvalue weighted by atomic mass is 9.83. The molecule has 126 valence electrons. The highest BCUT2D eigenvalue weighted by Gasteiger charge is 2.51. The van der Waals surface area contributed by atoms with E-state index in [2.05, 4.69) is 5.32 Å². The predicted octanol–water partition coefficient (Wildman–Crippen LogP) is 0.883. The standard InChI is InChI=1S/C17H18N2O5/c1-3-23-16(21)13-12(11-7-5-10(9-18)6-8-11)14(19-15(13)20)17(22)24-4-2/h5-8,12-14H,3-4H2,1-2H3,(H,19,20)/t12-,13+,14-/m1/s1. The van der Waals surface area contributed by atoms with Crippen molar-refractivity contribution >= 4 is 17.8 Å². The van der Waals surface area contributed by atoms with Gasteiger partial charge in [-0.25, -0.2) is 4.79 Å². The zero-order chi connectivity index (χ0) is 17.7. The van der Waals surface area contributed by atoms with Gasteiger partial charge >= 0.3 is 11.9 Å². The molecule has 7 nitrogen and oxygen atoms in total. The molecule has 0 bridgehead atoms. The summed E-state index contributed by atoms with van der Waals surface area (Å²) in [5.41, 5.74) is 1.03. The van der Waals surface area contributed by atoms with Crippen LogP contribution >= 0.6 is 0 Å². The molecule has 1 heterocycles. The quantitative estimate of drug-likeness (QED) is 0.635. The van der Waals surface area contributed by atoms with E-state index in [1.165, 1.54) is 0 Å². The fourth-order valence-corrected chi connectivity index (χ4v) is 2.78. The maximum Gasteiger partial charge on any atom is 0.329 e. The van der Waals surface area contributed by atoms with Gasteiger partial charge in [-0.15, -0.1) is 0 Å². The highest BCUT2D eigenvalue weighted by Crippen LogP contribution is 2.35. The van der Waals surface area contributed by atoms with Crippen LogP contribution in [0.1, 0.15) is 30.9 Å². The van der Waals surface area contributed by atoms with Crippen LogP contribution in [-0.2, 0) is 23.9 Å². The summed E-state index contributed by atoms with van der Waals surface area (Å²) in [6.45, 7) is 3.60. The lowest BCUT2D eigenvalue weighted by Crippen LogP contribution is -2.37. The Kier molecular flexibility index (Phi) is 5.53. The molecular formula is C17H18N2O5. The van der Waals surface area contributed by atoms with Crippen molar-refractivity contribution in [2.75, 3.05) is 13.2 Å².